The minimum Gasteiger partial charge on any atom is -0.478 e. The van der Waals surface area contributed by atoms with Crippen LogP contribution >= 0.6 is 27.7 Å². The van der Waals surface area contributed by atoms with Crippen LogP contribution in [0.25, 0.3) is 0 Å². The number of amides is 1. The number of carboxylic acid groups (broad SMARTS) is 1. The minimum atomic E-state index is -1.12. The summed E-state index contributed by atoms with van der Waals surface area (Å²) in [5.74, 6) is -0.496. The summed E-state index contributed by atoms with van der Waals surface area (Å²) in [7, 11) is 0. The Morgan fingerprint density at radius 2 is 2.16 bits per heavy atom. The molecule has 0 aliphatic heterocycles. The van der Waals surface area contributed by atoms with Gasteiger partial charge in [0.25, 0.3) is 5.91 Å². The van der Waals surface area contributed by atoms with Crippen LogP contribution in [-0.4, -0.2) is 34.5 Å². The Bertz CT molecular complexity index is 479. The lowest BCUT2D eigenvalue weighted by atomic mass is 10.1. The number of halogens is 1. The van der Waals surface area contributed by atoms with E-state index in [0.717, 1.165) is 5.75 Å². The Morgan fingerprint density at radius 3 is 2.74 bits per heavy atom. The SMILES string of the molecule is CCSC(C)CNC(=O)c1cccc(Br)c1C(=O)O. The van der Waals surface area contributed by atoms with Gasteiger partial charge < -0.3 is 10.4 Å². The zero-order valence-corrected chi connectivity index (χ0v) is 13.2. The molecule has 1 atom stereocenters. The molecule has 2 N–H and O–H groups in total. The molecule has 0 spiro atoms. The summed E-state index contributed by atoms with van der Waals surface area (Å²) in [6.45, 7) is 4.59. The van der Waals surface area contributed by atoms with E-state index in [1.807, 2.05) is 6.92 Å². The third-order valence-corrected chi connectivity index (χ3v) is 4.20. The van der Waals surface area contributed by atoms with Crippen molar-refractivity contribution in [3.8, 4) is 0 Å². The van der Waals surface area contributed by atoms with Crippen LogP contribution < -0.4 is 5.32 Å². The molecule has 0 bridgehead atoms. The molecule has 19 heavy (non-hydrogen) atoms. The Balaban J connectivity index is 2.83. The number of thioether (sulfide) groups is 1. The molecular weight excluding hydrogens is 330 g/mol. The lowest BCUT2D eigenvalue weighted by Crippen LogP contribution is -2.30. The highest BCUT2D eigenvalue weighted by Crippen LogP contribution is 2.20. The van der Waals surface area contributed by atoms with Gasteiger partial charge in [-0.1, -0.05) is 19.9 Å². The van der Waals surface area contributed by atoms with E-state index in [2.05, 4.69) is 28.2 Å². The molecule has 1 amide bonds. The Kier molecular flexibility index (Phi) is 6.37. The molecule has 6 heteroatoms. The van der Waals surface area contributed by atoms with E-state index >= 15 is 0 Å². The highest BCUT2D eigenvalue weighted by molar-refractivity contribution is 9.10. The average molecular weight is 346 g/mol. The molecule has 0 fully saturated rings. The van der Waals surface area contributed by atoms with Gasteiger partial charge in [-0.15, -0.1) is 0 Å². The number of aromatic carboxylic acids is 1. The van der Waals surface area contributed by atoms with Crippen molar-refractivity contribution in [3.05, 3.63) is 33.8 Å². The summed E-state index contributed by atoms with van der Waals surface area (Å²) in [6.07, 6.45) is 0. The van der Waals surface area contributed by atoms with E-state index in [4.69, 9.17) is 5.11 Å². The van der Waals surface area contributed by atoms with E-state index in [1.54, 1.807) is 23.9 Å². The quantitative estimate of drug-likeness (QED) is 0.831. The fourth-order valence-corrected chi connectivity index (χ4v) is 2.91. The Hall–Kier alpha value is -1.01. The van der Waals surface area contributed by atoms with Crippen molar-refractivity contribution < 1.29 is 14.7 Å². The van der Waals surface area contributed by atoms with Crippen LogP contribution in [0.1, 0.15) is 34.6 Å². The van der Waals surface area contributed by atoms with E-state index in [1.165, 1.54) is 6.07 Å². The molecule has 0 aliphatic rings. The molecule has 0 saturated heterocycles. The van der Waals surface area contributed by atoms with Crippen LogP contribution in [0.4, 0.5) is 0 Å². The minimum absolute atomic E-state index is 0.00389. The van der Waals surface area contributed by atoms with Gasteiger partial charge in [-0.25, -0.2) is 4.79 Å². The number of rotatable bonds is 6. The summed E-state index contributed by atoms with van der Waals surface area (Å²) in [4.78, 5) is 23.2. The van der Waals surface area contributed by atoms with Crippen molar-refractivity contribution in [1.29, 1.82) is 0 Å². The molecule has 0 aliphatic carbocycles. The van der Waals surface area contributed by atoms with Crippen LogP contribution in [0.2, 0.25) is 0 Å². The summed E-state index contributed by atoms with van der Waals surface area (Å²) in [5.41, 5.74) is 0.173. The second-order valence-corrected chi connectivity index (χ2v) is 6.51. The van der Waals surface area contributed by atoms with E-state index < -0.39 is 5.97 Å². The predicted molar refractivity (Wildman–Crippen MR) is 81.0 cm³/mol. The third-order valence-electron chi connectivity index (χ3n) is 2.47. The van der Waals surface area contributed by atoms with Crippen LogP contribution in [0.5, 0.6) is 0 Å². The maximum Gasteiger partial charge on any atom is 0.337 e. The first-order chi connectivity index (χ1) is 8.97. The van der Waals surface area contributed by atoms with Crippen molar-refractivity contribution in [2.75, 3.05) is 12.3 Å². The molecule has 1 aromatic carbocycles. The van der Waals surface area contributed by atoms with Gasteiger partial charge >= 0.3 is 5.97 Å². The molecule has 1 rings (SSSR count). The second-order valence-electron chi connectivity index (χ2n) is 3.94. The molecule has 1 unspecified atom stereocenters. The topological polar surface area (TPSA) is 66.4 Å². The van der Waals surface area contributed by atoms with E-state index in [9.17, 15) is 9.59 Å². The van der Waals surface area contributed by atoms with Gasteiger partial charge in [0.15, 0.2) is 0 Å². The number of carbonyl (C=O) groups excluding carboxylic acids is 1. The summed E-state index contributed by atoms with van der Waals surface area (Å²) in [6, 6.07) is 4.77. The molecule has 0 saturated carbocycles. The number of nitrogens with one attached hydrogen (secondary N) is 1. The number of benzene rings is 1. The largest absolute Gasteiger partial charge is 0.478 e. The predicted octanol–water partition coefficient (Wildman–Crippen LogP) is 3.02. The first-order valence-corrected chi connectivity index (χ1v) is 7.73. The van der Waals surface area contributed by atoms with Crippen LogP contribution in [0.15, 0.2) is 22.7 Å². The molecular formula is C13H16BrNO3S. The third kappa shape index (κ3) is 4.54. The lowest BCUT2D eigenvalue weighted by molar-refractivity contribution is 0.0690. The standard InChI is InChI=1S/C13H16BrNO3S/c1-3-19-8(2)7-15-12(16)9-5-4-6-10(14)11(9)13(17)18/h4-6,8H,3,7H2,1-2H3,(H,15,16)(H,17,18). The Morgan fingerprint density at radius 1 is 1.47 bits per heavy atom. The van der Waals surface area contributed by atoms with Gasteiger partial charge in [-0.3, -0.25) is 4.79 Å². The van der Waals surface area contributed by atoms with Crippen molar-refractivity contribution >= 4 is 39.6 Å². The molecule has 0 aromatic heterocycles. The molecule has 4 nitrogen and oxygen atoms in total. The molecule has 0 radical (unpaired) electrons. The summed E-state index contributed by atoms with van der Waals surface area (Å²) < 4.78 is 0.406. The molecule has 1 aromatic rings. The van der Waals surface area contributed by atoms with Gasteiger partial charge in [0.1, 0.15) is 0 Å². The Labute approximate surface area is 125 Å². The smallest absolute Gasteiger partial charge is 0.337 e. The van der Waals surface area contributed by atoms with Crippen molar-refractivity contribution in [2.24, 2.45) is 0 Å². The van der Waals surface area contributed by atoms with Crippen molar-refractivity contribution in [1.82, 2.24) is 5.32 Å². The fraction of sp³-hybridized carbons (Fsp3) is 0.385. The van der Waals surface area contributed by atoms with Crippen molar-refractivity contribution in [2.45, 2.75) is 19.1 Å². The average Bonchev–Trinajstić information content (AvgIpc) is 2.35. The number of carboxylic acids is 1. The van der Waals surface area contributed by atoms with Crippen LogP contribution in [0.3, 0.4) is 0 Å². The maximum atomic E-state index is 12.0. The molecule has 0 heterocycles. The number of hydrogen-bond donors (Lipinski definition) is 2. The normalized spacial score (nSPS) is 11.9. The lowest BCUT2D eigenvalue weighted by Gasteiger charge is -2.12. The first-order valence-electron chi connectivity index (χ1n) is 5.89. The van der Waals surface area contributed by atoms with Gasteiger partial charge in [-0.05, 0) is 33.8 Å². The zero-order valence-electron chi connectivity index (χ0n) is 10.8. The van der Waals surface area contributed by atoms with Crippen molar-refractivity contribution in [3.63, 3.8) is 0 Å². The highest BCUT2D eigenvalue weighted by Gasteiger charge is 2.19. The van der Waals surface area contributed by atoms with E-state index in [0.29, 0.717) is 16.3 Å². The van der Waals surface area contributed by atoms with Gasteiger partial charge in [0.05, 0.1) is 11.1 Å². The van der Waals surface area contributed by atoms with Crippen LogP contribution in [0, 0.1) is 0 Å². The number of carbonyl (C=O) groups is 2. The maximum absolute atomic E-state index is 12.0. The fourth-order valence-electron chi connectivity index (χ4n) is 1.61. The summed E-state index contributed by atoms with van der Waals surface area (Å²) >= 11 is 4.90. The van der Waals surface area contributed by atoms with Gasteiger partial charge in [-0.2, -0.15) is 11.8 Å². The van der Waals surface area contributed by atoms with Crippen LogP contribution in [-0.2, 0) is 0 Å². The number of hydrogen-bond acceptors (Lipinski definition) is 3. The second kappa shape index (κ2) is 7.55. The molecule has 104 valence electrons. The van der Waals surface area contributed by atoms with Gasteiger partial charge in [0, 0.05) is 16.3 Å². The highest BCUT2D eigenvalue weighted by atomic mass is 79.9. The van der Waals surface area contributed by atoms with Gasteiger partial charge in [0.2, 0.25) is 0 Å². The first kappa shape index (κ1) is 16.0. The zero-order chi connectivity index (χ0) is 14.4. The summed E-state index contributed by atoms with van der Waals surface area (Å²) in [5, 5.41) is 12.2. The van der Waals surface area contributed by atoms with E-state index in [-0.39, 0.29) is 17.0 Å². The monoisotopic (exact) mass is 345 g/mol.